The number of ketones is 2. The van der Waals surface area contributed by atoms with Crippen LogP contribution in [0.25, 0.3) is 0 Å². The molecule has 5 nitrogen and oxygen atoms in total. The zero-order chi connectivity index (χ0) is 26.1. The molecule has 0 unspecified atom stereocenters. The van der Waals surface area contributed by atoms with Gasteiger partial charge in [0.2, 0.25) is 0 Å². The van der Waals surface area contributed by atoms with Crippen molar-refractivity contribution in [3.63, 3.8) is 0 Å². The average molecular weight is 490 g/mol. The molecule has 1 spiro atoms. The first-order chi connectivity index (χ1) is 16.7. The lowest BCUT2D eigenvalue weighted by atomic mass is 9.34. The van der Waals surface area contributed by atoms with Crippen molar-refractivity contribution in [3.8, 4) is 6.07 Å². The SMILES string of the molecule is CC1(C)C(=O)C(C#N)=C[C@]2(C)C3=CC(=O)[C@@H]4[C@@H]5CC6(CC6)CC[C@]5(C(=O)O)CC[C@@]4(C)[C@]3(C)CC[C@@H]12. The molecule has 7 atom stereocenters. The van der Waals surface area contributed by atoms with Crippen molar-refractivity contribution in [1.29, 1.82) is 5.26 Å². The van der Waals surface area contributed by atoms with E-state index in [0.717, 1.165) is 37.7 Å². The number of fused-ring (bicyclic) bond motifs is 7. The quantitative estimate of drug-likeness (QED) is 0.484. The van der Waals surface area contributed by atoms with Crippen LogP contribution in [-0.4, -0.2) is 22.6 Å². The summed E-state index contributed by atoms with van der Waals surface area (Å²) in [5, 5.41) is 20.3. The van der Waals surface area contributed by atoms with Gasteiger partial charge in [-0.05, 0) is 91.9 Å². The van der Waals surface area contributed by atoms with Crippen molar-refractivity contribution < 1.29 is 19.5 Å². The van der Waals surface area contributed by atoms with E-state index in [2.05, 4.69) is 26.8 Å². The Morgan fingerprint density at radius 1 is 1.00 bits per heavy atom. The number of hydrogen-bond donors (Lipinski definition) is 1. The molecule has 0 bridgehead atoms. The summed E-state index contributed by atoms with van der Waals surface area (Å²) in [6.07, 6.45) is 11.7. The Labute approximate surface area is 214 Å². The van der Waals surface area contributed by atoms with Crippen LogP contribution < -0.4 is 0 Å². The van der Waals surface area contributed by atoms with Crippen molar-refractivity contribution >= 4 is 17.5 Å². The van der Waals surface area contributed by atoms with Gasteiger partial charge in [0.25, 0.3) is 0 Å². The highest BCUT2D eigenvalue weighted by Gasteiger charge is 2.72. The van der Waals surface area contributed by atoms with Gasteiger partial charge in [-0.3, -0.25) is 14.4 Å². The van der Waals surface area contributed by atoms with Crippen molar-refractivity contribution in [2.45, 2.75) is 92.4 Å². The van der Waals surface area contributed by atoms with Crippen molar-refractivity contribution in [1.82, 2.24) is 0 Å². The summed E-state index contributed by atoms with van der Waals surface area (Å²) in [5.74, 6) is -1.10. The van der Waals surface area contributed by atoms with E-state index in [1.165, 1.54) is 12.8 Å². The lowest BCUT2D eigenvalue weighted by molar-refractivity contribution is -0.186. The van der Waals surface area contributed by atoms with Gasteiger partial charge in [0.15, 0.2) is 11.6 Å². The molecule has 4 saturated carbocycles. The van der Waals surface area contributed by atoms with Gasteiger partial charge in [-0.2, -0.15) is 5.26 Å². The number of allylic oxidation sites excluding steroid dienone is 4. The number of rotatable bonds is 1. The van der Waals surface area contributed by atoms with Gasteiger partial charge in [0, 0.05) is 16.7 Å². The van der Waals surface area contributed by atoms with E-state index in [1.54, 1.807) is 0 Å². The number of hydrogen-bond acceptors (Lipinski definition) is 4. The van der Waals surface area contributed by atoms with Gasteiger partial charge in [-0.25, -0.2) is 0 Å². The van der Waals surface area contributed by atoms with Crippen molar-refractivity contribution in [3.05, 3.63) is 23.3 Å². The minimum atomic E-state index is -0.788. The molecule has 0 radical (unpaired) electrons. The molecule has 0 saturated heterocycles. The molecular formula is C31H39NO4. The minimum absolute atomic E-state index is 0.0213. The van der Waals surface area contributed by atoms with Crippen LogP contribution in [0.2, 0.25) is 0 Å². The fourth-order valence-electron chi connectivity index (χ4n) is 10.4. The van der Waals surface area contributed by atoms with Crippen LogP contribution >= 0.6 is 0 Å². The average Bonchev–Trinajstić information content (AvgIpc) is 3.56. The normalized spacial score (nSPS) is 47.8. The number of carbonyl (C=O) groups excluding carboxylic acids is 2. The highest BCUT2D eigenvalue weighted by Crippen LogP contribution is 2.76. The highest BCUT2D eigenvalue weighted by atomic mass is 16.4. The van der Waals surface area contributed by atoms with Crippen molar-refractivity contribution in [2.24, 2.45) is 50.2 Å². The largest absolute Gasteiger partial charge is 0.481 e. The molecule has 0 aromatic heterocycles. The van der Waals surface area contributed by atoms with Crippen LogP contribution in [0, 0.1) is 61.6 Å². The first kappa shape index (κ1) is 24.1. The number of carboxylic acids is 1. The summed E-state index contributed by atoms with van der Waals surface area (Å²) in [6, 6.07) is 2.16. The van der Waals surface area contributed by atoms with E-state index >= 15 is 0 Å². The van der Waals surface area contributed by atoms with Crippen LogP contribution in [0.4, 0.5) is 0 Å². The van der Waals surface area contributed by atoms with E-state index < -0.39 is 22.2 Å². The topological polar surface area (TPSA) is 95.2 Å². The molecule has 6 rings (SSSR count). The maximum atomic E-state index is 14.3. The standard InChI is InChI=1S/C31H39NO4/c1-26(2)21-6-7-28(4)22(27(21,3)15-18(17-32)24(26)34)14-20(33)23-19-16-30(9-10-30)11-13-31(19,25(35)36)12-8-29(23,28)5/h14-15,19,21,23H,6-13,16H2,1-5H3,(H,35,36)/t19-,21-,23-,27-,28+,29+,31+/m0/s1. The third-order valence-electron chi connectivity index (χ3n) is 13.0. The van der Waals surface area contributed by atoms with E-state index in [-0.39, 0.29) is 51.1 Å². The summed E-state index contributed by atoms with van der Waals surface area (Å²) in [4.78, 5) is 40.2. The zero-order valence-electron chi connectivity index (χ0n) is 22.4. The van der Waals surface area contributed by atoms with Gasteiger partial charge in [0.1, 0.15) is 6.07 Å². The number of carboxylic acid groups (broad SMARTS) is 1. The molecule has 0 amide bonds. The number of nitrogens with zero attached hydrogens (tertiary/aromatic N) is 1. The Hall–Kier alpha value is -2.22. The molecule has 36 heavy (non-hydrogen) atoms. The molecular weight excluding hydrogens is 450 g/mol. The van der Waals surface area contributed by atoms with E-state index in [0.29, 0.717) is 12.8 Å². The van der Waals surface area contributed by atoms with Crippen LogP contribution in [0.15, 0.2) is 23.3 Å². The van der Waals surface area contributed by atoms with E-state index in [1.807, 2.05) is 26.0 Å². The van der Waals surface area contributed by atoms with Gasteiger partial charge in [-0.1, -0.05) is 46.3 Å². The smallest absolute Gasteiger partial charge is 0.309 e. The van der Waals surface area contributed by atoms with Crippen molar-refractivity contribution in [2.75, 3.05) is 0 Å². The van der Waals surface area contributed by atoms with E-state index in [4.69, 9.17) is 0 Å². The maximum Gasteiger partial charge on any atom is 0.309 e. The molecule has 0 aromatic carbocycles. The molecule has 6 aliphatic carbocycles. The predicted molar refractivity (Wildman–Crippen MR) is 134 cm³/mol. The Kier molecular flexibility index (Phi) is 4.56. The number of Topliss-reactive ketones (excluding diaryl/α,β-unsaturated/α-hetero) is 1. The summed E-state index contributed by atoms with van der Waals surface area (Å²) in [7, 11) is 0. The maximum absolute atomic E-state index is 14.3. The molecule has 0 heterocycles. The fraction of sp³-hybridized carbons (Fsp3) is 0.742. The molecule has 1 N–H and O–H groups in total. The molecule has 6 aliphatic rings. The second-order valence-corrected chi connectivity index (χ2v) is 14.6. The molecule has 192 valence electrons. The fourth-order valence-corrected chi connectivity index (χ4v) is 10.4. The zero-order valence-corrected chi connectivity index (χ0v) is 22.4. The van der Waals surface area contributed by atoms with Crippen LogP contribution in [0.3, 0.4) is 0 Å². The minimum Gasteiger partial charge on any atom is -0.481 e. The summed E-state index contributed by atoms with van der Waals surface area (Å²) < 4.78 is 0. The molecule has 0 aliphatic heterocycles. The first-order valence-corrected chi connectivity index (χ1v) is 13.9. The summed E-state index contributed by atoms with van der Waals surface area (Å²) in [5.41, 5.74) is -1.11. The van der Waals surface area contributed by atoms with Gasteiger partial charge in [0.05, 0.1) is 11.0 Å². The number of nitriles is 1. The molecule has 5 heteroatoms. The van der Waals surface area contributed by atoms with E-state index in [9.17, 15) is 24.8 Å². The Morgan fingerprint density at radius 3 is 2.25 bits per heavy atom. The third kappa shape index (κ3) is 2.59. The molecule has 4 fully saturated rings. The third-order valence-corrected chi connectivity index (χ3v) is 13.0. The number of aliphatic carboxylic acids is 1. The summed E-state index contributed by atoms with van der Waals surface area (Å²) >= 11 is 0. The van der Waals surface area contributed by atoms with Crippen LogP contribution in [0.5, 0.6) is 0 Å². The monoisotopic (exact) mass is 489 g/mol. The number of carbonyl (C=O) groups is 3. The van der Waals surface area contributed by atoms with Crippen LogP contribution in [0.1, 0.15) is 92.4 Å². The highest BCUT2D eigenvalue weighted by molar-refractivity contribution is 6.04. The lowest BCUT2D eigenvalue weighted by Gasteiger charge is -2.68. The second kappa shape index (κ2) is 6.80. The Bertz CT molecular complexity index is 1210. The van der Waals surface area contributed by atoms with Crippen LogP contribution in [-0.2, 0) is 14.4 Å². The Balaban J connectivity index is 1.53. The Morgan fingerprint density at radius 2 is 1.64 bits per heavy atom. The van der Waals surface area contributed by atoms with Gasteiger partial charge in [-0.15, -0.1) is 0 Å². The van der Waals surface area contributed by atoms with Gasteiger partial charge < -0.3 is 5.11 Å². The predicted octanol–water partition coefficient (Wildman–Crippen LogP) is 6.04. The summed E-state index contributed by atoms with van der Waals surface area (Å²) in [6.45, 7) is 10.6. The second-order valence-electron chi connectivity index (χ2n) is 14.6. The lowest BCUT2D eigenvalue weighted by Crippen LogP contribution is -2.65. The van der Waals surface area contributed by atoms with Gasteiger partial charge >= 0.3 is 5.97 Å². The molecule has 0 aromatic rings. The first-order valence-electron chi connectivity index (χ1n) is 13.9.